The van der Waals surface area contributed by atoms with Crippen LogP contribution in [-0.2, 0) is 0 Å². The van der Waals surface area contributed by atoms with Crippen molar-refractivity contribution in [1.29, 1.82) is 0 Å². The van der Waals surface area contributed by atoms with Crippen molar-refractivity contribution >= 4 is 16.7 Å². The summed E-state index contributed by atoms with van der Waals surface area (Å²) in [5.41, 5.74) is 8.20. The average Bonchev–Trinajstić information content (AvgIpc) is 2.72. The number of nitrogen functional groups attached to an aromatic ring is 1. The predicted molar refractivity (Wildman–Crippen MR) is 63.3 cm³/mol. The highest BCUT2D eigenvalue weighted by atomic mass is 15.0. The molecule has 0 radical (unpaired) electrons. The van der Waals surface area contributed by atoms with Gasteiger partial charge in [-0.2, -0.15) is 0 Å². The Morgan fingerprint density at radius 3 is 3.00 bits per heavy atom. The molecule has 0 aliphatic rings. The highest BCUT2D eigenvalue weighted by Gasteiger charge is 2.03. The number of fused-ring (bicyclic) bond motifs is 1. The van der Waals surface area contributed by atoms with Crippen molar-refractivity contribution in [2.24, 2.45) is 0 Å². The van der Waals surface area contributed by atoms with Crippen LogP contribution in [0.2, 0.25) is 0 Å². The van der Waals surface area contributed by atoms with Gasteiger partial charge in [-0.15, -0.1) is 0 Å². The Bertz CT molecular complexity index is 642. The van der Waals surface area contributed by atoms with Crippen LogP contribution in [0.25, 0.3) is 16.7 Å². The second-order valence-electron chi connectivity index (χ2n) is 3.58. The Balaban J connectivity index is 2.26. The fraction of sp³-hybridized carbons (Fsp3) is 0. The average molecular weight is 210 g/mol. The van der Waals surface area contributed by atoms with Gasteiger partial charge >= 0.3 is 0 Å². The molecule has 0 atom stereocenters. The van der Waals surface area contributed by atoms with E-state index >= 15 is 0 Å². The van der Waals surface area contributed by atoms with Crippen molar-refractivity contribution in [1.82, 2.24) is 14.5 Å². The van der Waals surface area contributed by atoms with Gasteiger partial charge in [-0.1, -0.05) is 0 Å². The van der Waals surface area contributed by atoms with Crippen LogP contribution in [0.4, 0.5) is 5.69 Å². The van der Waals surface area contributed by atoms with E-state index in [9.17, 15) is 0 Å². The highest BCUT2D eigenvalue weighted by Crippen LogP contribution is 2.18. The minimum Gasteiger partial charge on any atom is -0.397 e. The van der Waals surface area contributed by atoms with E-state index < -0.39 is 0 Å². The molecule has 4 nitrogen and oxygen atoms in total. The molecule has 3 heterocycles. The monoisotopic (exact) mass is 210 g/mol. The maximum atomic E-state index is 5.71. The van der Waals surface area contributed by atoms with Gasteiger partial charge in [-0.25, -0.2) is 4.98 Å². The molecule has 0 fully saturated rings. The zero-order valence-electron chi connectivity index (χ0n) is 8.54. The zero-order chi connectivity index (χ0) is 11.0. The number of nitrogens with zero attached hydrogens (tertiary/aromatic N) is 3. The van der Waals surface area contributed by atoms with E-state index in [4.69, 9.17) is 5.73 Å². The molecule has 0 saturated heterocycles. The normalized spacial score (nSPS) is 10.8. The Hall–Kier alpha value is -2.36. The van der Waals surface area contributed by atoms with Gasteiger partial charge in [0.05, 0.1) is 17.6 Å². The van der Waals surface area contributed by atoms with Crippen molar-refractivity contribution in [3.8, 4) is 5.69 Å². The first kappa shape index (κ1) is 8.91. The molecule has 0 bridgehead atoms. The number of pyridine rings is 2. The zero-order valence-corrected chi connectivity index (χ0v) is 8.54. The summed E-state index contributed by atoms with van der Waals surface area (Å²) in [6.45, 7) is 0. The van der Waals surface area contributed by atoms with E-state index in [1.807, 2.05) is 35.0 Å². The van der Waals surface area contributed by atoms with E-state index in [0.29, 0.717) is 5.69 Å². The molecule has 3 rings (SSSR count). The van der Waals surface area contributed by atoms with Crippen molar-refractivity contribution in [3.63, 3.8) is 0 Å². The predicted octanol–water partition coefficient (Wildman–Crippen LogP) is 2.00. The van der Waals surface area contributed by atoms with Crippen LogP contribution >= 0.6 is 0 Å². The number of hydrogen-bond donors (Lipinski definition) is 1. The largest absolute Gasteiger partial charge is 0.397 e. The van der Waals surface area contributed by atoms with Gasteiger partial charge in [0, 0.05) is 24.0 Å². The van der Waals surface area contributed by atoms with Crippen molar-refractivity contribution in [2.75, 3.05) is 5.73 Å². The summed E-state index contributed by atoms with van der Waals surface area (Å²) in [5.74, 6) is 0. The first-order valence-electron chi connectivity index (χ1n) is 4.97. The Morgan fingerprint density at radius 2 is 2.12 bits per heavy atom. The smallest absolute Gasteiger partial charge is 0.144 e. The Labute approximate surface area is 92.4 Å². The maximum absolute atomic E-state index is 5.71. The number of aromatic nitrogens is 3. The Morgan fingerprint density at radius 1 is 1.19 bits per heavy atom. The molecule has 0 aliphatic heterocycles. The topological polar surface area (TPSA) is 56.7 Å². The molecule has 78 valence electrons. The summed E-state index contributed by atoms with van der Waals surface area (Å²) in [7, 11) is 0. The van der Waals surface area contributed by atoms with Gasteiger partial charge in [0.25, 0.3) is 0 Å². The van der Waals surface area contributed by atoms with Crippen molar-refractivity contribution in [2.45, 2.75) is 0 Å². The molecular weight excluding hydrogens is 200 g/mol. The second-order valence-corrected chi connectivity index (χ2v) is 3.58. The fourth-order valence-corrected chi connectivity index (χ4v) is 1.75. The quantitative estimate of drug-likeness (QED) is 0.668. The molecule has 0 saturated carbocycles. The molecule has 2 N–H and O–H groups in total. The standard InChI is InChI=1S/C12H10N4/c13-10-6-11(8-14-7-10)16-5-3-9-2-1-4-15-12(9)16/h1-8H,13H2. The van der Waals surface area contributed by atoms with E-state index in [-0.39, 0.29) is 0 Å². The van der Waals surface area contributed by atoms with Crippen molar-refractivity contribution in [3.05, 3.63) is 49.1 Å². The minimum absolute atomic E-state index is 0.648. The SMILES string of the molecule is Nc1cncc(-n2ccc3cccnc32)c1. The van der Waals surface area contributed by atoms with Crippen LogP contribution in [0.3, 0.4) is 0 Å². The number of nitrogens with two attached hydrogens (primary N) is 1. The molecule has 16 heavy (non-hydrogen) atoms. The molecule has 0 amide bonds. The number of rotatable bonds is 1. The second kappa shape index (κ2) is 3.34. The first-order valence-corrected chi connectivity index (χ1v) is 4.97. The van der Waals surface area contributed by atoms with Gasteiger partial charge < -0.3 is 5.73 Å². The molecule has 0 spiro atoms. The molecule has 0 aromatic carbocycles. The summed E-state index contributed by atoms with van der Waals surface area (Å²) in [4.78, 5) is 8.41. The minimum atomic E-state index is 0.648. The van der Waals surface area contributed by atoms with Gasteiger partial charge in [-0.3, -0.25) is 9.55 Å². The molecule has 3 aromatic rings. The summed E-state index contributed by atoms with van der Waals surface area (Å²) in [5, 5.41) is 1.10. The lowest BCUT2D eigenvalue weighted by Gasteiger charge is -2.04. The first-order chi connectivity index (χ1) is 7.84. The third kappa shape index (κ3) is 1.32. The van der Waals surface area contributed by atoms with E-state index in [1.54, 1.807) is 18.6 Å². The van der Waals surface area contributed by atoms with E-state index in [2.05, 4.69) is 9.97 Å². The lowest BCUT2D eigenvalue weighted by atomic mass is 10.3. The van der Waals surface area contributed by atoms with Gasteiger partial charge in [-0.05, 0) is 24.3 Å². The molecule has 0 unspecified atom stereocenters. The van der Waals surface area contributed by atoms with Crippen LogP contribution < -0.4 is 5.73 Å². The number of hydrogen-bond acceptors (Lipinski definition) is 3. The van der Waals surface area contributed by atoms with Crippen LogP contribution in [0.1, 0.15) is 0 Å². The lowest BCUT2D eigenvalue weighted by Crippen LogP contribution is -1.96. The van der Waals surface area contributed by atoms with Crippen molar-refractivity contribution < 1.29 is 0 Å². The summed E-state index contributed by atoms with van der Waals surface area (Å²) in [6.07, 6.45) is 7.14. The third-order valence-electron chi connectivity index (χ3n) is 2.47. The maximum Gasteiger partial charge on any atom is 0.144 e. The third-order valence-corrected chi connectivity index (χ3v) is 2.47. The van der Waals surface area contributed by atoms with Gasteiger partial charge in [0.15, 0.2) is 0 Å². The van der Waals surface area contributed by atoms with Crippen LogP contribution in [0.5, 0.6) is 0 Å². The van der Waals surface area contributed by atoms with Crippen LogP contribution in [0.15, 0.2) is 49.1 Å². The summed E-state index contributed by atoms with van der Waals surface area (Å²) < 4.78 is 1.97. The fourth-order valence-electron chi connectivity index (χ4n) is 1.75. The molecule has 3 aromatic heterocycles. The highest BCUT2D eigenvalue weighted by molar-refractivity contribution is 5.77. The molecule has 0 aliphatic carbocycles. The summed E-state index contributed by atoms with van der Waals surface area (Å²) in [6, 6.07) is 7.84. The van der Waals surface area contributed by atoms with Gasteiger partial charge in [0.1, 0.15) is 5.65 Å². The lowest BCUT2D eigenvalue weighted by molar-refractivity contribution is 1.07. The van der Waals surface area contributed by atoms with Crippen LogP contribution in [0, 0.1) is 0 Å². The number of anilines is 1. The summed E-state index contributed by atoms with van der Waals surface area (Å²) >= 11 is 0. The van der Waals surface area contributed by atoms with Crippen LogP contribution in [-0.4, -0.2) is 14.5 Å². The van der Waals surface area contributed by atoms with E-state index in [1.165, 1.54) is 0 Å². The van der Waals surface area contributed by atoms with Gasteiger partial charge in [0.2, 0.25) is 0 Å². The molecule has 4 heteroatoms. The van der Waals surface area contributed by atoms with E-state index in [0.717, 1.165) is 16.7 Å². The Kier molecular flexibility index (Phi) is 1.86. The molecular formula is C12H10N4.